The molecule has 28 heavy (non-hydrogen) atoms. The summed E-state index contributed by atoms with van der Waals surface area (Å²) in [6, 6.07) is 14.4. The zero-order valence-electron chi connectivity index (χ0n) is 16.8. The molecule has 0 bridgehead atoms. The highest BCUT2D eigenvalue weighted by atomic mass is 16.5. The SMILES string of the molecule is COc1cc(C(=O)N2CCC3(CC2)CC(c2ccccc2)CN(C)C3)ccn1. The Balaban J connectivity index is 1.44. The summed E-state index contributed by atoms with van der Waals surface area (Å²) in [5, 5.41) is 0. The van der Waals surface area contributed by atoms with Gasteiger partial charge >= 0.3 is 0 Å². The second-order valence-electron chi connectivity index (χ2n) is 8.39. The maximum Gasteiger partial charge on any atom is 0.254 e. The van der Waals surface area contributed by atoms with E-state index in [-0.39, 0.29) is 5.91 Å². The molecule has 1 unspecified atom stereocenters. The number of hydrogen-bond donors (Lipinski definition) is 0. The molecule has 3 heterocycles. The van der Waals surface area contributed by atoms with Gasteiger partial charge in [0.25, 0.3) is 5.91 Å². The molecule has 2 fully saturated rings. The van der Waals surface area contributed by atoms with Crippen LogP contribution in [0.5, 0.6) is 5.88 Å². The smallest absolute Gasteiger partial charge is 0.254 e. The lowest BCUT2D eigenvalue weighted by atomic mass is 9.68. The molecule has 0 radical (unpaired) electrons. The molecule has 4 rings (SSSR count). The van der Waals surface area contributed by atoms with Crippen LogP contribution in [0.4, 0.5) is 0 Å². The van der Waals surface area contributed by atoms with Crippen LogP contribution in [0.15, 0.2) is 48.7 Å². The van der Waals surface area contributed by atoms with Crippen molar-refractivity contribution in [2.24, 2.45) is 5.41 Å². The molecule has 1 aromatic heterocycles. The number of amides is 1. The number of benzene rings is 1. The van der Waals surface area contributed by atoms with Crippen molar-refractivity contribution in [3.63, 3.8) is 0 Å². The number of likely N-dealkylation sites (N-methyl/N-ethyl adjacent to an activating group) is 1. The molecule has 1 atom stereocenters. The molecule has 2 aromatic rings. The highest BCUT2D eigenvalue weighted by Gasteiger charge is 2.42. The first-order chi connectivity index (χ1) is 13.6. The number of likely N-dealkylation sites (tertiary alicyclic amines) is 2. The van der Waals surface area contributed by atoms with E-state index in [1.807, 2.05) is 4.90 Å². The van der Waals surface area contributed by atoms with Gasteiger partial charge in [-0.15, -0.1) is 0 Å². The molecule has 148 valence electrons. The molecule has 0 aliphatic carbocycles. The zero-order chi connectivity index (χ0) is 19.6. The second-order valence-corrected chi connectivity index (χ2v) is 8.39. The number of hydrogen-bond acceptors (Lipinski definition) is 4. The van der Waals surface area contributed by atoms with Crippen LogP contribution in [0.1, 0.15) is 41.1 Å². The summed E-state index contributed by atoms with van der Waals surface area (Å²) in [4.78, 5) is 21.5. The van der Waals surface area contributed by atoms with Gasteiger partial charge in [-0.3, -0.25) is 4.79 Å². The number of methoxy groups -OCH3 is 1. The van der Waals surface area contributed by atoms with Crippen molar-refractivity contribution >= 4 is 5.91 Å². The van der Waals surface area contributed by atoms with Crippen LogP contribution < -0.4 is 4.74 Å². The van der Waals surface area contributed by atoms with E-state index in [4.69, 9.17) is 4.74 Å². The molecule has 1 spiro atoms. The summed E-state index contributed by atoms with van der Waals surface area (Å²) in [5.74, 6) is 1.14. The van der Waals surface area contributed by atoms with E-state index in [0.29, 0.717) is 22.8 Å². The molecule has 2 aliphatic rings. The predicted octanol–water partition coefficient (Wildman–Crippen LogP) is 3.43. The fraction of sp³-hybridized carbons (Fsp3) is 0.478. The third-order valence-electron chi connectivity index (χ3n) is 6.39. The molecular formula is C23H29N3O2. The minimum atomic E-state index is 0.0827. The summed E-state index contributed by atoms with van der Waals surface area (Å²) in [7, 11) is 3.81. The summed E-state index contributed by atoms with van der Waals surface area (Å²) in [6.07, 6.45) is 4.98. The maximum absolute atomic E-state index is 12.9. The van der Waals surface area contributed by atoms with E-state index in [9.17, 15) is 4.79 Å². The fourth-order valence-electron chi connectivity index (χ4n) is 5.00. The highest BCUT2D eigenvalue weighted by Crippen LogP contribution is 2.44. The maximum atomic E-state index is 12.9. The van der Waals surface area contributed by atoms with Gasteiger partial charge in [0, 0.05) is 44.0 Å². The lowest BCUT2D eigenvalue weighted by molar-refractivity contribution is 0.0224. The molecule has 1 amide bonds. The van der Waals surface area contributed by atoms with Crippen LogP contribution in [0, 0.1) is 5.41 Å². The van der Waals surface area contributed by atoms with Gasteiger partial charge in [0.2, 0.25) is 5.88 Å². The van der Waals surface area contributed by atoms with Gasteiger partial charge in [-0.2, -0.15) is 0 Å². The van der Waals surface area contributed by atoms with Crippen LogP contribution >= 0.6 is 0 Å². The van der Waals surface area contributed by atoms with E-state index in [1.165, 1.54) is 12.0 Å². The minimum absolute atomic E-state index is 0.0827. The van der Waals surface area contributed by atoms with E-state index in [0.717, 1.165) is 39.0 Å². The quantitative estimate of drug-likeness (QED) is 0.820. The lowest BCUT2D eigenvalue weighted by Crippen LogP contribution is -2.51. The van der Waals surface area contributed by atoms with Crippen LogP contribution in [0.25, 0.3) is 0 Å². The van der Waals surface area contributed by atoms with Crippen molar-refractivity contribution in [3.05, 3.63) is 59.8 Å². The zero-order valence-corrected chi connectivity index (χ0v) is 16.8. The second kappa shape index (κ2) is 7.92. The molecule has 0 N–H and O–H groups in total. The number of ether oxygens (including phenoxy) is 1. The molecule has 2 aliphatic heterocycles. The monoisotopic (exact) mass is 379 g/mol. The summed E-state index contributed by atoms with van der Waals surface area (Å²) < 4.78 is 5.16. The minimum Gasteiger partial charge on any atom is -0.481 e. The van der Waals surface area contributed by atoms with Crippen LogP contribution in [0.3, 0.4) is 0 Å². The highest BCUT2D eigenvalue weighted by molar-refractivity contribution is 5.94. The van der Waals surface area contributed by atoms with Crippen molar-refractivity contribution in [2.45, 2.75) is 25.2 Å². The predicted molar refractivity (Wildman–Crippen MR) is 110 cm³/mol. The summed E-state index contributed by atoms with van der Waals surface area (Å²) in [6.45, 7) is 3.88. The number of aromatic nitrogens is 1. The van der Waals surface area contributed by atoms with Gasteiger partial charge in [-0.25, -0.2) is 4.98 Å². The Bertz CT molecular complexity index is 816. The number of rotatable bonds is 3. The van der Waals surface area contributed by atoms with Gasteiger partial charge in [-0.1, -0.05) is 30.3 Å². The van der Waals surface area contributed by atoms with Crippen LogP contribution in [0.2, 0.25) is 0 Å². The van der Waals surface area contributed by atoms with E-state index < -0.39 is 0 Å². The first-order valence-corrected chi connectivity index (χ1v) is 10.1. The summed E-state index contributed by atoms with van der Waals surface area (Å²) >= 11 is 0. The largest absolute Gasteiger partial charge is 0.481 e. The van der Waals surface area contributed by atoms with Crippen molar-refractivity contribution < 1.29 is 9.53 Å². The van der Waals surface area contributed by atoms with Gasteiger partial charge in [-0.05, 0) is 49.3 Å². The average molecular weight is 380 g/mol. The Kier molecular flexibility index (Phi) is 5.36. The summed E-state index contributed by atoms with van der Waals surface area (Å²) in [5.41, 5.74) is 2.40. The first kappa shape index (κ1) is 18.9. The normalized spacial score (nSPS) is 22.2. The van der Waals surface area contributed by atoms with Crippen molar-refractivity contribution in [3.8, 4) is 5.88 Å². The topological polar surface area (TPSA) is 45.7 Å². The van der Waals surface area contributed by atoms with Crippen LogP contribution in [-0.4, -0.2) is 61.0 Å². The first-order valence-electron chi connectivity index (χ1n) is 10.1. The van der Waals surface area contributed by atoms with Gasteiger partial charge in [0.05, 0.1) is 7.11 Å². The van der Waals surface area contributed by atoms with Crippen molar-refractivity contribution in [1.29, 1.82) is 0 Å². The molecule has 5 heteroatoms. The third-order valence-corrected chi connectivity index (χ3v) is 6.39. The number of piperidine rings is 2. The molecule has 5 nitrogen and oxygen atoms in total. The Morgan fingerprint density at radius 3 is 2.64 bits per heavy atom. The van der Waals surface area contributed by atoms with E-state index in [2.05, 4.69) is 47.3 Å². The average Bonchev–Trinajstić information content (AvgIpc) is 2.74. The van der Waals surface area contributed by atoms with Gasteiger partial charge in [0.15, 0.2) is 0 Å². The van der Waals surface area contributed by atoms with Gasteiger partial charge < -0.3 is 14.5 Å². The van der Waals surface area contributed by atoms with E-state index >= 15 is 0 Å². The molecular weight excluding hydrogens is 350 g/mol. The Hall–Kier alpha value is -2.40. The molecule has 1 aromatic carbocycles. The number of pyridine rings is 1. The Labute approximate surface area is 167 Å². The van der Waals surface area contributed by atoms with Gasteiger partial charge in [0.1, 0.15) is 0 Å². The third kappa shape index (κ3) is 3.90. The Morgan fingerprint density at radius 2 is 1.93 bits per heavy atom. The molecule has 2 saturated heterocycles. The standard InChI is InChI=1S/C23H29N3O2/c1-25-16-20(18-6-4-3-5-7-18)15-23(17-25)9-12-26(13-10-23)22(27)19-8-11-24-21(14-19)28-2/h3-8,11,14,20H,9-10,12-13,15-17H2,1-2H3. The number of carbonyl (C=O) groups is 1. The van der Waals surface area contributed by atoms with Crippen molar-refractivity contribution in [2.75, 3.05) is 40.3 Å². The van der Waals surface area contributed by atoms with Crippen LogP contribution in [-0.2, 0) is 0 Å². The molecule has 0 saturated carbocycles. The lowest BCUT2D eigenvalue weighted by Gasteiger charge is -2.49. The van der Waals surface area contributed by atoms with Crippen molar-refractivity contribution in [1.82, 2.24) is 14.8 Å². The van der Waals surface area contributed by atoms with E-state index in [1.54, 1.807) is 25.4 Å². The number of carbonyl (C=O) groups excluding carboxylic acids is 1. The number of nitrogens with zero attached hydrogens (tertiary/aromatic N) is 3. The fourth-order valence-corrected chi connectivity index (χ4v) is 5.00. The Morgan fingerprint density at radius 1 is 1.18 bits per heavy atom.